The molecule has 0 aliphatic carbocycles. The molecule has 3 aromatic carbocycles. The SMILES string of the molecule is Cc1ccc([C@@H](NS(=O)c2ccc(C)cc2)[C@H](/C=C\CO)S(=O)(=O)c2ccccc2)cc1. The summed E-state index contributed by atoms with van der Waals surface area (Å²) in [4.78, 5) is 0.710. The van der Waals surface area contributed by atoms with Gasteiger partial charge in [-0.15, -0.1) is 0 Å². The third kappa shape index (κ3) is 5.81. The number of hydrogen-bond donors (Lipinski definition) is 2. The standard InChI is InChI=1S/C25H27NO4S2/c1-19-10-14-21(15-11-19)25(26-31(28)22-16-12-20(2)13-17-22)24(9-6-18-27)32(29,30)23-7-4-3-5-8-23/h3-17,24-27H,18H2,1-2H3/b9-6-/t24-,25+,31?/m0/s1. The topological polar surface area (TPSA) is 83.5 Å². The van der Waals surface area contributed by atoms with E-state index in [4.69, 9.17) is 0 Å². The average molecular weight is 470 g/mol. The van der Waals surface area contributed by atoms with Crippen LogP contribution in [0.4, 0.5) is 0 Å². The maximum absolute atomic E-state index is 13.6. The van der Waals surface area contributed by atoms with Crippen molar-refractivity contribution in [2.75, 3.05) is 6.61 Å². The van der Waals surface area contributed by atoms with Gasteiger partial charge in [0.25, 0.3) is 0 Å². The van der Waals surface area contributed by atoms with Crippen LogP contribution in [0.3, 0.4) is 0 Å². The number of aryl methyl sites for hydroxylation is 2. The zero-order valence-corrected chi connectivity index (χ0v) is 19.6. The average Bonchev–Trinajstić information content (AvgIpc) is 2.80. The fourth-order valence-electron chi connectivity index (χ4n) is 3.30. The summed E-state index contributed by atoms with van der Waals surface area (Å²) < 4.78 is 43.4. The first-order chi connectivity index (χ1) is 15.3. The molecule has 0 saturated heterocycles. The molecular weight excluding hydrogens is 442 g/mol. The number of nitrogens with one attached hydrogen (secondary N) is 1. The Labute approximate surface area is 192 Å². The third-order valence-electron chi connectivity index (χ3n) is 5.10. The Morgan fingerprint density at radius 3 is 2.03 bits per heavy atom. The maximum Gasteiger partial charge on any atom is 0.186 e. The van der Waals surface area contributed by atoms with Crippen molar-refractivity contribution in [2.45, 2.75) is 34.9 Å². The number of rotatable bonds is 9. The molecule has 0 amide bonds. The predicted molar refractivity (Wildman–Crippen MR) is 128 cm³/mol. The van der Waals surface area contributed by atoms with Crippen molar-refractivity contribution in [1.29, 1.82) is 0 Å². The fourth-order valence-corrected chi connectivity index (χ4v) is 6.17. The number of aliphatic hydroxyl groups is 1. The number of aliphatic hydroxyl groups excluding tert-OH is 1. The first-order valence-corrected chi connectivity index (χ1v) is 12.9. The van der Waals surface area contributed by atoms with Crippen LogP contribution >= 0.6 is 0 Å². The van der Waals surface area contributed by atoms with E-state index in [-0.39, 0.29) is 11.5 Å². The molecule has 0 heterocycles. The second-order valence-corrected chi connectivity index (χ2v) is 10.9. The number of sulfone groups is 1. The van der Waals surface area contributed by atoms with Gasteiger partial charge in [-0.1, -0.05) is 77.9 Å². The lowest BCUT2D eigenvalue weighted by molar-refractivity contribution is 0.342. The summed E-state index contributed by atoms with van der Waals surface area (Å²) in [5, 5.41) is 8.28. The Bertz CT molecular complexity index is 1170. The molecule has 2 N–H and O–H groups in total. The Morgan fingerprint density at radius 2 is 1.47 bits per heavy atom. The van der Waals surface area contributed by atoms with E-state index in [0.717, 1.165) is 11.1 Å². The van der Waals surface area contributed by atoms with Crippen LogP contribution < -0.4 is 4.72 Å². The highest BCUT2D eigenvalue weighted by Crippen LogP contribution is 2.30. The van der Waals surface area contributed by atoms with Gasteiger partial charge in [0.1, 0.15) is 16.2 Å². The largest absolute Gasteiger partial charge is 0.392 e. The van der Waals surface area contributed by atoms with Crippen LogP contribution in [-0.4, -0.2) is 29.6 Å². The van der Waals surface area contributed by atoms with Gasteiger partial charge in [0.2, 0.25) is 0 Å². The molecule has 3 aromatic rings. The molecule has 0 aromatic heterocycles. The smallest absolute Gasteiger partial charge is 0.186 e. The van der Waals surface area contributed by atoms with Crippen molar-refractivity contribution >= 4 is 20.8 Å². The molecule has 1 unspecified atom stereocenters. The second-order valence-electron chi connectivity index (χ2n) is 7.52. The van der Waals surface area contributed by atoms with Crippen molar-refractivity contribution in [3.8, 4) is 0 Å². The Balaban J connectivity index is 2.09. The Kier molecular flexibility index (Phi) is 8.15. The normalized spacial score (nSPS) is 14.8. The molecule has 168 valence electrons. The minimum absolute atomic E-state index is 0.160. The van der Waals surface area contributed by atoms with E-state index >= 15 is 0 Å². The quantitative estimate of drug-likeness (QED) is 0.463. The predicted octanol–water partition coefficient (Wildman–Crippen LogP) is 4.05. The lowest BCUT2D eigenvalue weighted by Crippen LogP contribution is -2.37. The van der Waals surface area contributed by atoms with Crippen molar-refractivity contribution in [3.63, 3.8) is 0 Å². The number of hydrogen-bond acceptors (Lipinski definition) is 4. The van der Waals surface area contributed by atoms with Gasteiger partial charge in [-0.05, 0) is 43.7 Å². The summed E-state index contributed by atoms with van der Waals surface area (Å²) in [5.74, 6) is 0. The molecule has 0 bridgehead atoms. The highest BCUT2D eigenvalue weighted by atomic mass is 32.2. The van der Waals surface area contributed by atoms with Crippen LogP contribution in [0.5, 0.6) is 0 Å². The fraction of sp³-hybridized carbons (Fsp3) is 0.200. The van der Waals surface area contributed by atoms with E-state index in [1.165, 1.54) is 24.3 Å². The van der Waals surface area contributed by atoms with Crippen molar-refractivity contribution < 1.29 is 17.7 Å². The molecule has 3 rings (SSSR count). The van der Waals surface area contributed by atoms with Gasteiger partial charge < -0.3 is 5.11 Å². The lowest BCUT2D eigenvalue weighted by Gasteiger charge is -2.26. The van der Waals surface area contributed by atoms with E-state index in [2.05, 4.69) is 4.72 Å². The van der Waals surface area contributed by atoms with Crippen LogP contribution in [0.15, 0.2) is 101 Å². The zero-order chi connectivity index (χ0) is 23.1. The molecule has 3 atom stereocenters. The summed E-state index contributed by atoms with van der Waals surface area (Å²) >= 11 is 0. The zero-order valence-electron chi connectivity index (χ0n) is 18.0. The summed E-state index contributed by atoms with van der Waals surface area (Å²) in [6.45, 7) is 3.58. The highest BCUT2D eigenvalue weighted by molar-refractivity contribution is 7.92. The van der Waals surface area contributed by atoms with E-state index in [1.54, 1.807) is 30.3 Å². The van der Waals surface area contributed by atoms with Crippen LogP contribution in [-0.2, 0) is 20.8 Å². The second kappa shape index (κ2) is 10.8. The van der Waals surface area contributed by atoms with Gasteiger partial charge in [0.15, 0.2) is 9.84 Å². The maximum atomic E-state index is 13.6. The van der Waals surface area contributed by atoms with Crippen LogP contribution in [0, 0.1) is 13.8 Å². The van der Waals surface area contributed by atoms with Gasteiger partial charge in [-0.3, -0.25) is 0 Å². The lowest BCUT2D eigenvalue weighted by atomic mass is 10.0. The van der Waals surface area contributed by atoms with Gasteiger partial charge in [0, 0.05) is 0 Å². The van der Waals surface area contributed by atoms with Crippen LogP contribution in [0.25, 0.3) is 0 Å². The Morgan fingerprint density at radius 1 is 0.906 bits per heavy atom. The van der Waals surface area contributed by atoms with Crippen molar-refractivity contribution in [2.24, 2.45) is 0 Å². The van der Waals surface area contributed by atoms with Crippen LogP contribution in [0.2, 0.25) is 0 Å². The van der Waals surface area contributed by atoms with Gasteiger partial charge in [-0.25, -0.2) is 17.3 Å². The molecule has 0 aliphatic heterocycles. The van der Waals surface area contributed by atoms with E-state index in [9.17, 15) is 17.7 Å². The molecule has 0 spiro atoms. The molecule has 5 nitrogen and oxygen atoms in total. The summed E-state index contributed by atoms with van der Waals surface area (Å²) in [6.07, 6.45) is 2.87. The van der Waals surface area contributed by atoms with E-state index in [1.807, 2.05) is 50.2 Å². The molecule has 0 saturated carbocycles. The van der Waals surface area contributed by atoms with Crippen molar-refractivity contribution in [3.05, 3.63) is 108 Å². The van der Waals surface area contributed by atoms with Gasteiger partial charge in [0.05, 0.1) is 22.4 Å². The van der Waals surface area contributed by atoms with Crippen molar-refractivity contribution in [1.82, 2.24) is 4.72 Å². The Hall–Kier alpha value is -2.58. The molecule has 0 fully saturated rings. The monoisotopic (exact) mass is 469 g/mol. The van der Waals surface area contributed by atoms with Crippen LogP contribution in [0.1, 0.15) is 22.7 Å². The van der Waals surface area contributed by atoms with Gasteiger partial charge >= 0.3 is 0 Å². The summed E-state index contributed by atoms with van der Waals surface area (Å²) in [5.41, 5.74) is 2.75. The molecule has 0 aliphatic rings. The molecule has 7 heteroatoms. The first kappa shape index (κ1) is 24.1. The molecule has 0 radical (unpaired) electrons. The van der Waals surface area contributed by atoms with E-state index in [0.29, 0.717) is 10.5 Å². The molecule has 32 heavy (non-hydrogen) atoms. The highest BCUT2D eigenvalue weighted by Gasteiger charge is 2.35. The molecular formula is C25H27NO4S2. The van der Waals surface area contributed by atoms with E-state index < -0.39 is 32.1 Å². The summed E-state index contributed by atoms with van der Waals surface area (Å²) in [7, 11) is -5.52. The third-order valence-corrected chi connectivity index (χ3v) is 8.34. The summed E-state index contributed by atoms with van der Waals surface area (Å²) in [6, 6.07) is 22.0. The minimum Gasteiger partial charge on any atom is -0.392 e. The first-order valence-electron chi connectivity index (χ1n) is 10.2. The number of benzene rings is 3. The minimum atomic E-state index is -3.86. The van der Waals surface area contributed by atoms with Gasteiger partial charge in [-0.2, -0.15) is 0 Å².